The first kappa shape index (κ1) is 12.8. The van der Waals surface area contributed by atoms with Gasteiger partial charge in [0.1, 0.15) is 0 Å². The van der Waals surface area contributed by atoms with E-state index in [2.05, 4.69) is 17.3 Å². The zero-order valence-corrected chi connectivity index (χ0v) is 10.8. The molecule has 4 nitrogen and oxygen atoms in total. The van der Waals surface area contributed by atoms with Crippen molar-refractivity contribution >= 4 is 5.91 Å². The van der Waals surface area contributed by atoms with Crippen molar-refractivity contribution in [2.45, 2.75) is 50.6 Å². The Labute approximate surface area is 104 Å². The SMILES string of the molecule is CNC1CCC(N2CCC(C(N)=O)CC2)CC1. The fourth-order valence-electron chi connectivity index (χ4n) is 3.28. The highest BCUT2D eigenvalue weighted by atomic mass is 16.1. The molecule has 98 valence electrons. The van der Waals surface area contributed by atoms with E-state index in [1.54, 1.807) is 0 Å². The average molecular weight is 239 g/mol. The van der Waals surface area contributed by atoms with Gasteiger partial charge in [0.05, 0.1) is 0 Å². The highest BCUT2D eigenvalue weighted by Gasteiger charge is 2.29. The van der Waals surface area contributed by atoms with Gasteiger partial charge in [-0.3, -0.25) is 4.79 Å². The third-order valence-electron chi connectivity index (χ3n) is 4.55. The number of carbonyl (C=O) groups is 1. The smallest absolute Gasteiger partial charge is 0.220 e. The molecule has 1 amide bonds. The zero-order chi connectivity index (χ0) is 12.3. The van der Waals surface area contributed by atoms with E-state index in [1.165, 1.54) is 25.7 Å². The monoisotopic (exact) mass is 239 g/mol. The number of rotatable bonds is 3. The van der Waals surface area contributed by atoms with Crippen molar-refractivity contribution in [2.75, 3.05) is 20.1 Å². The van der Waals surface area contributed by atoms with Crippen LogP contribution in [0.2, 0.25) is 0 Å². The van der Waals surface area contributed by atoms with E-state index < -0.39 is 0 Å². The summed E-state index contributed by atoms with van der Waals surface area (Å²) in [5.41, 5.74) is 5.36. The van der Waals surface area contributed by atoms with Gasteiger partial charge in [0.2, 0.25) is 5.91 Å². The summed E-state index contributed by atoms with van der Waals surface area (Å²) in [6.45, 7) is 2.12. The van der Waals surface area contributed by atoms with E-state index in [1.807, 2.05) is 0 Å². The van der Waals surface area contributed by atoms with Gasteiger partial charge in [-0.05, 0) is 58.7 Å². The van der Waals surface area contributed by atoms with E-state index in [4.69, 9.17) is 5.73 Å². The van der Waals surface area contributed by atoms with Gasteiger partial charge in [-0.15, -0.1) is 0 Å². The van der Waals surface area contributed by atoms with Gasteiger partial charge in [0.15, 0.2) is 0 Å². The molecule has 2 fully saturated rings. The van der Waals surface area contributed by atoms with Gasteiger partial charge in [-0.25, -0.2) is 0 Å². The molecule has 0 radical (unpaired) electrons. The van der Waals surface area contributed by atoms with Crippen LogP contribution in [0.25, 0.3) is 0 Å². The van der Waals surface area contributed by atoms with Crippen molar-refractivity contribution in [3.05, 3.63) is 0 Å². The molecule has 1 saturated carbocycles. The summed E-state index contributed by atoms with van der Waals surface area (Å²) in [6.07, 6.45) is 7.09. The number of nitrogens with two attached hydrogens (primary N) is 1. The van der Waals surface area contributed by atoms with E-state index in [9.17, 15) is 4.79 Å². The minimum atomic E-state index is -0.108. The maximum atomic E-state index is 11.1. The topological polar surface area (TPSA) is 58.4 Å². The normalized spacial score (nSPS) is 32.5. The second kappa shape index (κ2) is 5.83. The Bertz CT molecular complexity index is 253. The number of piperidine rings is 1. The molecular formula is C13H25N3O. The fourth-order valence-corrected chi connectivity index (χ4v) is 3.28. The van der Waals surface area contributed by atoms with Crippen molar-refractivity contribution in [3.63, 3.8) is 0 Å². The molecule has 17 heavy (non-hydrogen) atoms. The van der Waals surface area contributed by atoms with Crippen molar-refractivity contribution in [2.24, 2.45) is 11.7 Å². The molecule has 4 heteroatoms. The predicted molar refractivity (Wildman–Crippen MR) is 68.6 cm³/mol. The molecule has 0 aromatic rings. The lowest BCUT2D eigenvalue weighted by molar-refractivity contribution is -0.123. The maximum absolute atomic E-state index is 11.1. The third-order valence-corrected chi connectivity index (χ3v) is 4.55. The van der Waals surface area contributed by atoms with Gasteiger partial charge in [0.25, 0.3) is 0 Å². The van der Waals surface area contributed by atoms with Gasteiger partial charge in [0, 0.05) is 18.0 Å². The van der Waals surface area contributed by atoms with Crippen LogP contribution < -0.4 is 11.1 Å². The first-order valence-corrected chi connectivity index (χ1v) is 6.91. The Morgan fingerprint density at radius 2 is 1.71 bits per heavy atom. The van der Waals surface area contributed by atoms with Gasteiger partial charge in [-0.1, -0.05) is 0 Å². The highest BCUT2D eigenvalue weighted by molar-refractivity contribution is 5.76. The van der Waals surface area contributed by atoms with E-state index >= 15 is 0 Å². The molecule has 3 N–H and O–H groups in total. The Balaban J connectivity index is 1.76. The summed E-state index contributed by atoms with van der Waals surface area (Å²) in [6, 6.07) is 1.46. The fraction of sp³-hybridized carbons (Fsp3) is 0.923. The van der Waals surface area contributed by atoms with Crippen LogP contribution in [0, 0.1) is 5.92 Å². The molecule has 2 aliphatic rings. The van der Waals surface area contributed by atoms with Gasteiger partial charge in [-0.2, -0.15) is 0 Å². The van der Waals surface area contributed by atoms with Crippen molar-refractivity contribution < 1.29 is 4.79 Å². The molecule has 0 bridgehead atoms. The molecular weight excluding hydrogens is 214 g/mol. The van der Waals surface area contributed by atoms with Crippen molar-refractivity contribution in [1.82, 2.24) is 10.2 Å². The minimum Gasteiger partial charge on any atom is -0.369 e. The lowest BCUT2D eigenvalue weighted by Crippen LogP contribution is -2.46. The molecule has 1 aliphatic carbocycles. The third kappa shape index (κ3) is 3.19. The molecule has 1 saturated heterocycles. The molecule has 0 atom stereocenters. The van der Waals surface area contributed by atoms with E-state index in [0.717, 1.165) is 38.0 Å². The molecule has 0 unspecified atom stereocenters. The maximum Gasteiger partial charge on any atom is 0.220 e. The second-order valence-corrected chi connectivity index (χ2v) is 5.51. The summed E-state index contributed by atoms with van der Waals surface area (Å²) in [5, 5.41) is 3.37. The summed E-state index contributed by atoms with van der Waals surface area (Å²) >= 11 is 0. The lowest BCUT2D eigenvalue weighted by Gasteiger charge is -2.40. The van der Waals surface area contributed by atoms with Crippen LogP contribution in [0.3, 0.4) is 0 Å². The average Bonchev–Trinajstić information content (AvgIpc) is 2.39. The summed E-state index contributed by atoms with van der Waals surface area (Å²) in [4.78, 5) is 13.7. The first-order chi connectivity index (χ1) is 8.20. The standard InChI is InChI=1S/C13H25N3O/c1-15-11-2-4-12(5-3-11)16-8-6-10(7-9-16)13(14)17/h10-12,15H,2-9H2,1H3,(H2,14,17). The van der Waals surface area contributed by atoms with Crippen LogP contribution in [0.15, 0.2) is 0 Å². The summed E-state index contributed by atoms with van der Waals surface area (Å²) in [5.74, 6) is 0.0171. The number of nitrogens with zero attached hydrogens (tertiary/aromatic N) is 1. The zero-order valence-electron chi connectivity index (χ0n) is 10.8. The predicted octanol–water partition coefficient (Wildman–Crippen LogP) is 0.714. The summed E-state index contributed by atoms with van der Waals surface area (Å²) in [7, 11) is 2.06. The Morgan fingerprint density at radius 1 is 1.12 bits per heavy atom. The number of hydrogen-bond acceptors (Lipinski definition) is 3. The Hall–Kier alpha value is -0.610. The van der Waals surface area contributed by atoms with E-state index in [-0.39, 0.29) is 11.8 Å². The largest absolute Gasteiger partial charge is 0.369 e. The van der Waals surface area contributed by atoms with Crippen LogP contribution in [0.1, 0.15) is 38.5 Å². The number of amides is 1. The molecule has 2 rings (SSSR count). The van der Waals surface area contributed by atoms with Crippen LogP contribution in [0.4, 0.5) is 0 Å². The van der Waals surface area contributed by atoms with Gasteiger partial charge < -0.3 is 16.0 Å². The highest BCUT2D eigenvalue weighted by Crippen LogP contribution is 2.27. The number of hydrogen-bond donors (Lipinski definition) is 2. The number of primary amides is 1. The van der Waals surface area contributed by atoms with Crippen LogP contribution in [-0.4, -0.2) is 43.0 Å². The number of carbonyl (C=O) groups excluding carboxylic acids is 1. The molecule has 0 aromatic carbocycles. The van der Waals surface area contributed by atoms with Crippen LogP contribution >= 0.6 is 0 Å². The van der Waals surface area contributed by atoms with Crippen molar-refractivity contribution in [1.29, 1.82) is 0 Å². The van der Waals surface area contributed by atoms with Crippen molar-refractivity contribution in [3.8, 4) is 0 Å². The lowest BCUT2D eigenvalue weighted by atomic mass is 9.87. The van der Waals surface area contributed by atoms with Crippen LogP contribution in [0.5, 0.6) is 0 Å². The molecule has 1 heterocycles. The Morgan fingerprint density at radius 3 is 2.18 bits per heavy atom. The molecule has 1 aliphatic heterocycles. The summed E-state index contributed by atoms with van der Waals surface area (Å²) < 4.78 is 0. The quantitative estimate of drug-likeness (QED) is 0.763. The number of likely N-dealkylation sites (tertiary alicyclic amines) is 1. The molecule has 0 spiro atoms. The van der Waals surface area contributed by atoms with Gasteiger partial charge >= 0.3 is 0 Å². The minimum absolute atomic E-state index is 0.108. The molecule has 0 aromatic heterocycles. The number of nitrogens with one attached hydrogen (secondary N) is 1. The van der Waals surface area contributed by atoms with Crippen LogP contribution in [-0.2, 0) is 4.79 Å². The first-order valence-electron chi connectivity index (χ1n) is 6.91. The Kier molecular flexibility index (Phi) is 4.40. The van der Waals surface area contributed by atoms with E-state index in [0.29, 0.717) is 0 Å². The second-order valence-electron chi connectivity index (χ2n) is 5.51.